The standard InChI is InChI=1S/C30H32N2O3/c1-31-20-26(24-12-6-7-13-27(24)31)25(19-30(33)32-16-8-9-17-32)23-14-15-28(29(18-23)34-2)35-21-22-10-4-3-5-11-22/h3-7,10-15,18,20,25H,8-9,16-17,19,21H2,1-2H3. The number of methoxy groups -OCH3 is 1. The van der Waals surface area contributed by atoms with E-state index in [9.17, 15) is 4.79 Å². The van der Waals surface area contributed by atoms with Gasteiger partial charge in [-0.2, -0.15) is 0 Å². The molecule has 1 fully saturated rings. The highest BCUT2D eigenvalue weighted by Crippen LogP contribution is 2.39. The maximum absolute atomic E-state index is 13.3. The number of para-hydroxylation sites is 1. The van der Waals surface area contributed by atoms with Crippen molar-refractivity contribution < 1.29 is 14.3 Å². The summed E-state index contributed by atoms with van der Waals surface area (Å²) < 4.78 is 14.0. The molecule has 0 N–H and O–H groups in total. The molecule has 5 rings (SSSR count). The molecule has 1 atom stereocenters. The first kappa shape index (κ1) is 23.0. The zero-order chi connectivity index (χ0) is 24.2. The van der Waals surface area contributed by atoms with Gasteiger partial charge in [-0.05, 0) is 47.7 Å². The summed E-state index contributed by atoms with van der Waals surface area (Å²) in [7, 11) is 3.73. The van der Waals surface area contributed by atoms with E-state index in [-0.39, 0.29) is 11.8 Å². The fourth-order valence-electron chi connectivity index (χ4n) is 5.08. The van der Waals surface area contributed by atoms with Gasteiger partial charge in [0, 0.05) is 49.6 Å². The summed E-state index contributed by atoms with van der Waals surface area (Å²) in [6, 6.07) is 24.6. The predicted molar refractivity (Wildman–Crippen MR) is 139 cm³/mol. The SMILES string of the molecule is COc1cc(C(CC(=O)N2CCCC2)c2cn(C)c3ccccc23)ccc1OCc1ccccc1. The molecule has 3 aromatic carbocycles. The summed E-state index contributed by atoms with van der Waals surface area (Å²) in [5, 5.41) is 1.18. The molecule has 0 spiro atoms. The number of hydrogen-bond acceptors (Lipinski definition) is 3. The molecular weight excluding hydrogens is 436 g/mol. The molecule has 1 aromatic heterocycles. The highest BCUT2D eigenvalue weighted by atomic mass is 16.5. The Balaban J connectivity index is 1.49. The number of benzene rings is 3. The van der Waals surface area contributed by atoms with Gasteiger partial charge in [-0.25, -0.2) is 0 Å². The molecule has 5 heteroatoms. The summed E-state index contributed by atoms with van der Waals surface area (Å²) in [6.07, 6.45) is 4.78. The molecule has 0 aliphatic carbocycles. The van der Waals surface area contributed by atoms with Crippen LogP contribution in [0.25, 0.3) is 10.9 Å². The lowest BCUT2D eigenvalue weighted by atomic mass is 9.87. The topological polar surface area (TPSA) is 43.7 Å². The Morgan fingerprint density at radius 1 is 0.943 bits per heavy atom. The van der Waals surface area contributed by atoms with Crippen LogP contribution in [0.15, 0.2) is 79.0 Å². The zero-order valence-electron chi connectivity index (χ0n) is 20.4. The van der Waals surface area contributed by atoms with E-state index in [1.54, 1.807) is 7.11 Å². The molecule has 1 aliphatic heterocycles. The maximum atomic E-state index is 13.3. The molecule has 2 heterocycles. The van der Waals surface area contributed by atoms with Crippen molar-refractivity contribution in [3.8, 4) is 11.5 Å². The zero-order valence-corrected chi connectivity index (χ0v) is 20.4. The Hall–Kier alpha value is -3.73. The molecular formula is C30H32N2O3. The van der Waals surface area contributed by atoms with E-state index in [0.717, 1.165) is 48.1 Å². The average Bonchev–Trinajstić information content (AvgIpc) is 3.55. The third-order valence-electron chi connectivity index (χ3n) is 6.97. The van der Waals surface area contributed by atoms with Crippen molar-refractivity contribution in [3.63, 3.8) is 0 Å². The lowest BCUT2D eigenvalue weighted by molar-refractivity contribution is -0.130. The first-order valence-electron chi connectivity index (χ1n) is 12.3. The maximum Gasteiger partial charge on any atom is 0.223 e. The third kappa shape index (κ3) is 4.90. The smallest absolute Gasteiger partial charge is 0.223 e. The number of amides is 1. The van der Waals surface area contributed by atoms with Crippen LogP contribution in [0.1, 0.15) is 41.9 Å². The number of aromatic nitrogens is 1. The number of carbonyl (C=O) groups is 1. The summed E-state index contributed by atoms with van der Waals surface area (Å²) in [6.45, 7) is 2.18. The second-order valence-corrected chi connectivity index (χ2v) is 9.24. The van der Waals surface area contributed by atoms with Crippen molar-refractivity contribution in [1.29, 1.82) is 0 Å². The second kappa shape index (κ2) is 10.3. The number of carbonyl (C=O) groups excluding carboxylic acids is 1. The summed E-state index contributed by atoms with van der Waals surface area (Å²) in [5.74, 6) is 1.51. The molecule has 0 saturated carbocycles. The van der Waals surface area contributed by atoms with Crippen LogP contribution < -0.4 is 9.47 Å². The van der Waals surface area contributed by atoms with Crippen molar-refractivity contribution >= 4 is 16.8 Å². The van der Waals surface area contributed by atoms with Gasteiger partial charge in [0.05, 0.1) is 7.11 Å². The summed E-state index contributed by atoms with van der Waals surface area (Å²) >= 11 is 0. The van der Waals surface area contributed by atoms with Gasteiger partial charge in [0.1, 0.15) is 6.61 Å². The van der Waals surface area contributed by atoms with Gasteiger partial charge < -0.3 is 18.9 Å². The van der Waals surface area contributed by atoms with E-state index in [0.29, 0.717) is 24.5 Å². The number of fused-ring (bicyclic) bond motifs is 1. The second-order valence-electron chi connectivity index (χ2n) is 9.24. The summed E-state index contributed by atoms with van der Waals surface area (Å²) in [5.41, 5.74) is 4.48. The van der Waals surface area contributed by atoms with E-state index in [2.05, 4.69) is 48.1 Å². The number of rotatable bonds is 8. The highest BCUT2D eigenvalue weighted by Gasteiger charge is 2.27. The Bertz CT molecular complexity index is 1310. The van der Waals surface area contributed by atoms with Crippen LogP contribution in [0.3, 0.4) is 0 Å². The third-order valence-corrected chi connectivity index (χ3v) is 6.97. The molecule has 4 aromatic rings. The number of likely N-dealkylation sites (tertiary alicyclic amines) is 1. The Kier molecular flexibility index (Phi) is 6.75. The molecule has 35 heavy (non-hydrogen) atoms. The molecule has 1 amide bonds. The van der Waals surface area contributed by atoms with Gasteiger partial charge in [0.2, 0.25) is 5.91 Å². The minimum atomic E-state index is -0.0775. The minimum absolute atomic E-state index is 0.0775. The lowest BCUT2D eigenvalue weighted by Gasteiger charge is -2.22. The van der Waals surface area contributed by atoms with E-state index in [4.69, 9.17) is 9.47 Å². The molecule has 0 bridgehead atoms. The Labute approximate surface area is 206 Å². The van der Waals surface area contributed by atoms with E-state index in [1.165, 1.54) is 5.39 Å². The van der Waals surface area contributed by atoms with E-state index in [1.807, 2.05) is 47.4 Å². The van der Waals surface area contributed by atoms with Crippen molar-refractivity contribution in [1.82, 2.24) is 9.47 Å². The van der Waals surface area contributed by atoms with Crippen LogP contribution >= 0.6 is 0 Å². The van der Waals surface area contributed by atoms with Crippen LogP contribution in [0, 0.1) is 0 Å². The monoisotopic (exact) mass is 468 g/mol. The Morgan fingerprint density at radius 2 is 1.69 bits per heavy atom. The fraction of sp³-hybridized carbons (Fsp3) is 0.300. The molecule has 0 radical (unpaired) electrons. The van der Waals surface area contributed by atoms with Gasteiger partial charge in [0.25, 0.3) is 0 Å². The first-order valence-corrected chi connectivity index (χ1v) is 12.3. The quantitative estimate of drug-likeness (QED) is 0.323. The van der Waals surface area contributed by atoms with Crippen LogP contribution in [0.5, 0.6) is 11.5 Å². The number of nitrogens with zero attached hydrogens (tertiary/aromatic N) is 2. The number of aryl methyl sites for hydroxylation is 1. The van der Waals surface area contributed by atoms with Gasteiger partial charge in [-0.15, -0.1) is 0 Å². The highest BCUT2D eigenvalue weighted by molar-refractivity contribution is 5.86. The lowest BCUT2D eigenvalue weighted by Crippen LogP contribution is -2.29. The summed E-state index contributed by atoms with van der Waals surface area (Å²) in [4.78, 5) is 15.3. The van der Waals surface area contributed by atoms with Crippen LogP contribution in [-0.2, 0) is 18.4 Å². The van der Waals surface area contributed by atoms with Crippen molar-refractivity contribution in [3.05, 3.63) is 95.7 Å². The number of ether oxygens (including phenoxy) is 2. The average molecular weight is 469 g/mol. The van der Waals surface area contributed by atoms with E-state index < -0.39 is 0 Å². The van der Waals surface area contributed by atoms with Gasteiger partial charge in [0.15, 0.2) is 11.5 Å². The predicted octanol–water partition coefficient (Wildman–Crippen LogP) is 5.91. The van der Waals surface area contributed by atoms with Gasteiger partial charge in [-0.1, -0.05) is 54.6 Å². The largest absolute Gasteiger partial charge is 0.493 e. The molecule has 180 valence electrons. The van der Waals surface area contributed by atoms with Crippen LogP contribution in [0.4, 0.5) is 0 Å². The van der Waals surface area contributed by atoms with Crippen LogP contribution in [-0.4, -0.2) is 35.6 Å². The van der Waals surface area contributed by atoms with Gasteiger partial charge in [-0.3, -0.25) is 4.79 Å². The van der Waals surface area contributed by atoms with E-state index >= 15 is 0 Å². The first-order chi connectivity index (χ1) is 17.1. The molecule has 5 nitrogen and oxygen atoms in total. The Morgan fingerprint density at radius 3 is 2.46 bits per heavy atom. The van der Waals surface area contributed by atoms with Crippen LogP contribution in [0.2, 0.25) is 0 Å². The van der Waals surface area contributed by atoms with Gasteiger partial charge >= 0.3 is 0 Å². The van der Waals surface area contributed by atoms with Crippen molar-refractivity contribution in [2.45, 2.75) is 31.8 Å². The van der Waals surface area contributed by atoms with Crippen molar-refractivity contribution in [2.24, 2.45) is 7.05 Å². The fourth-order valence-corrected chi connectivity index (χ4v) is 5.08. The minimum Gasteiger partial charge on any atom is -0.493 e. The van der Waals surface area contributed by atoms with Crippen molar-refractivity contribution in [2.75, 3.05) is 20.2 Å². The number of hydrogen-bond donors (Lipinski definition) is 0. The normalized spacial score (nSPS) is 14.3. The molecule has 1 aliphatic rings. The molecule has 1 saturated heterocycles. The molecule has 1 unspecified atom stereocenters.